The average molecular weight is 325 g/mol. The van der Waals surface area contributed by atoms with Crippen LogP contribution < -0.4 is 5.32 Å². The van der Waals surface area contributed by atoms with Crippen molar-refractivity contribution in [2.45, 2.75) is 0 Å². The Bertz CT molecular complexity index is 906. The maximum Gasteiger partial charge on any atom is 0.356 e. The van der Waals surface area contributed by atoms with Gasteiger partial charge in [0, 0.05) is 11.1 Å². The summed E-state index contributed by atoms with van der Waals surface area (Å²) in [6, 6.07) is 13.8. The summed E-state index contributed by atoms with van der Waals surface area (Å²) in [6.45, 7) is 0. The number of carbonyl (C=O) groups is 2. The minimum absolute atomic E-state index is 0.0121. The lowest BCUT2D eigenvalue weighted by Crippen LogP contribution is -2.14. The minimum Gasteiger partial charge on any atom is -0.476 e. The molecule has 0 atom stereocenters. The number of carboxylic acids is 1. The molecule has 3 aromatic rings. The molecule has 0 aliphatic rings. The molecule has 0 radical (unpaired) electrons. The van der Waals surface area contributed by atoms with Gasteiger partial charge in [-0.05, 0) is 24.3 Å². The SMILES string of the molecule is O=C(Nc1c(-c2cccc(F)c2)n[nH]c1C(=O)O)c1ccccc1. The quantitative estimate of drug-likeness (QED) is 0.686. The Morgan fingerprint density at radius 1 is 1.08 bits per heavy atom. The molecule has 0 fully saturated rings. The molecule has 1 aromatic heterocycles. The van der Waals surface area contributed by atoms with Crippen LogP contribution in [0, 0.1) is 5.82 Å². The van der Waals surface area contributed by atoms with Gasteiger partial charge in [0.05, 0.1) is 0 Å². The van der Waals surface area contributed by atoms with Crippen LogP contribution in [0.3, 0.4) is 0 Å². The first kappa shape index (κ1) is 15.4. The fraction of sp³-hybridized carbons (Fsp3) is 0. The number of aromatic nitrogens is 2. The summed E-state index contributed by atoms with van der Waals surface area (Å²) >= 11 is 0. The summed E-state index contributed by atoms with van der Waals surface area (Å²) in [7, 11) is 0. The Hall–Kier alpha value is -3.48. The minimum atomic E-state index is -1.28. The number of hydrogen-bond donors (Lipinski definition) is 3. The van der Waals surface area contributed by atoms with Crippen LogP contribution in [0.2, 0.25) is 0 Å². The molecule has 6 nitrogen and oxygen atoms in total. The lowest BCUT2D eigenvalue weighted by Gasteiger charge is -2.07. The highest BCUT2D eigenvalue weighted by Crippen LogP contribution is 2.29. The first-order chi connectivity index (χ1) is 11.6. The van der Waals surface area contributed by atoms with E-state index in [2.05, 4.69) is 15.5 Å². The lowest BCUT2D eigenvalue weighted by molar-refractivity contribution is 0.0691. The van der Waals surface area contributed by atoms with Gasteiger partial charge >= 0.3 is 5.97 Å². The lowest BCUT2D eigenvalue weighted by atomic mass is 10.1. The first-order valence-corrected chi connectivity index (χ1v) is 7.00. The number of hydrogen-bond acceptors (Lipinski definition) is 3. The van der Waals surface area contributed by atoms with E-state index < -0.39 is 17.7 Å². The van der Waals surface area contributed by atoms with Crippen molar-refractivity contribution < 1.29 is 19.1 Å². The van der Waals surface area contributed by atoms with Gasteiger partial charge in [-0.2, -0.15) is 5.10 Å². The van der Waals surface area contributed by atoms with Crippen molar-refractivity contribution in [2.24, 2.45) is 0 Å². The van der Waals surface area contributed by atoms with Gasteiger partial charge in [-0.15, -0.1) is 0 Å². The first-order valence-electron chi connectivity index (χ1n) is 7.00. The predicted octanol–water partition coefficient (Wildman–Crippen LogP) is 3.17. The van der Waals surface area contributed by atoms with Crippen LogP contribution in [0.1, 0.15) is 20.8 Å². The Labute approximate surface area is 136 Å². The Kier molecular flexibility index (Phi) is 4.07. The van der Waals surface area contributed by atoms with Gasteiger partial charge in [-0.1, -0.05) is 30.3 Å². The van der Waals surface area contributed by atoms with Crippen molar-refractivity contribution in [1.29, 1.82) is 0 Å². The molecular weight excluding hydrogens is 313 g/mol. The van der Waals surface area contributed by atoms with Crippen molar-refractivity contribution in [2.75, 3.05) is 5.32 Å². The topological polar surface area (TPSA) is 95.1 Å². The molecule has 0 unspecified atom stereocenters. The molecule has 1 heterocycles. The standard InChI is InChI=1S/C17H12FN3O3/c18-12-8-4-7-11(9-12)13-14(15(17(23)24)21-20-13)19-16(22)10-5-2-1-3-6-10/h1-9H,(H,19,22)(H,20,21)(H,23,24). The van der Waals surface area contributed by atoms with Crippen molar-refractivity contribution in [3.8, 4) is 11.3 Å². The number of benzene rings is 2. The summed E-state index contributed by atoms with van der Waals surface area (Å²) < 4.78 is 13.4. The number of nitrogens with zero attached hydrogens (tertiary/aromatic N) is 1. The van der Waals surface area contributed by atoms with Crippen molar-refractivity contribution in [1.82, 2.24) is 10.2 Å². The second kappa shape index (κ2) is 6.33. The highest BCUT2D eigenvalue weighted by molar-refractivity contribution is 6.09. The van der Waals surface area contributed by atoms with E-state index in [9.17, 15) is 19.1 Å². The van der Waals surface area contributed by atoms with Gasteiger partial charge < -0.3 is 10.4 Å². The number of aromatic carboxylic acids is 1. The third kappa shape index (κ3) is 3.00. The van der Waals surface area contributed by atoms with E-state index in [-0.39, 0.29) is 17.1 Å². The number of halogens is 1. The van der Waals surface area contributed by atoms with Crippen LogP contribution in [-0.2, 0) is 0 Å². The van der Waals surface area contributed by atoms with E-state index in [1.165, 1.54) is 18.2 Å². The number of nitrogens with one attached hydrogen (secondary N) is 2. The van der Waals surface area contributed by atoms with Gasteiger partial charge in [0.1, 0.15) is 17.2 Å². The number of carboxylic acid groups (broad SMARTS) is 1. The summed E-state index contributed by atoms with van der Waals surface area (Å²) in [4.78, 5) is 23.7. The van der Waals surface area contributed by atoms with Crippen LogP contribution in [0.5, 0.6) is 0 Å². The van der Waals surface area contributed by atoms with E-state index in [1.807, 2.05) is 0 Å². The monoisotopic (exact) mass is 325 g/mol. The van der Waals surface area contributed by atoms with Gasteiger partial charge in [-0.25, -0.2) is 9.18 Å². The Morgan fingerprint density at radius 2 is 1.83 bits per heavy atom. The number of aromatic amines is 1. The average Bonchev–Trinajstić information content (AvgIpc) is 2.99. The number of rotatable bonds is 4. The highest BCUT2D eigenvalue weighted by Gasteiger charge is 2.22. The van der Waals surface area contributed by atoms with Gasteiger partial charge in [0.15, 0.2) is 5.69 Å². The smallest absolute Gasteiger partial charge is 0.356 e. The summed E-state index contributed by atoms with van der Waals surface area (Å²) in [5.74, 6) is -2.27. The fourth-order valence-corrected chi connectivity index (χ4v) is 2.24. The van der Waals surface area contributed by atoms with Crippen LogP contribution >= 0.6 is 0 Å². The molecule has 0 aliphatic carbocycles. The second-order valence-corrected chi connectivity index (χ2v) is 4.96. The van der Waals surface area contributed by atoms with Gasteiger partial charge in [-0.3, -0.25) is 9.89 Å². The molecule has 24 heavy (non-hydrogen) atoms. The van der Waals surface area contributed by atoms with Crippen LogP contribution in [0.4, 0.5) is 10.1 Å². The maximum absolute atomic E-state index is 13.4. The number of amides is 1. The van der Waals surface area contributed by atoms with E-state index in [1.54, 1.807) is 36.4 Å². The zero-order valence-electron chi connectivity index (χ0n) is 12.3. The third-order valence-electron chi connectivity index (χ3n) is 3.35. The molecule has 0 saturated carbocycles. The fourth-order valence-electron chi connectivity index (χ4n) is 2.24. The molecule has 3 N–H and O–H groups in total. The third-order valence-corrected chi connectivity index (χ3v) is 3.35. The zero-order valence-corrected chi connectivity index (χ0v) is 12.3. The Morgan fingerprint density at radius 3 is 2.50 bits per heavy atom. The van der Waals surface area contributed by atoms with Crippen LogP contribution in [-0.4, -0.2) is 27.2 Å². The van der Waals surface area contributed by atoms with Crippen molar-refractivity contribution >= 4 is 17.6 Å². The molecule has 2 aromatic carbocycles. The zero-order chi connectivity index (χ0) is 17.1. The van der Waals surface area contributed by atoms with Crippen molar-refractivity contribution in [3.05, 3.63) is 71.7 Å². The summed E-state index contributed by atoms with van der Waals surface area (Å²) in [5, 5.41) is 18.1. The summed E-state index contributed by atoms with van der Waals surface area (Å²) in [5.41, 5.74) is 0.569. The molecule has 0 saturated heterocycles. The molecule has 7 heteroatoms. The van der Waals surface area contributed by atoms with Gasteiger partial charge in [0.25, 0.3) is 5.91 Å². The molecule has 0 spiro atoms. The number of anilines is 1. The van der Waals surface area contributed by atoms with E-state index >= 15 is 0 Å². The van der Waals surface area contributed by atoms with Crippen molar-refractivity contribution in [3.63, 3.8) is 0 Å². The molecule has 120 valence electrons. The predicted molar refractivity (Wildman–Crippen MR) is 85.3 cm³/mol. The van der Waals surface area contributed by atoms with E-state index in [0.29, 0.717) is 11.1 Å². The summed E-state index contributed by atoms with van der Waals surface area (Å²) in [6.07, 6.45) is 0. The van der Waals surface area contributed by atoms with E-state index in [4.69, 9.17) is 0 Å². The van der Waals surface area contributed by atoms with Crippen LogP contribution in [0.25, 0.3) is 11.3 Å². The molecule has 0 bridgehead atoms. The maximum atomic E-state index is 13.4. The Balaban J connectivity index is 2.03. The molecule has 1 amide bonds. The molecule has 0 aliphatic heterocycles. The van der Waals surface area contributed by atoms with Crippen LogP contribution in [0.15, 0.2) is 54.6 Å². The second-order valence-electron chi connectivity index (χ2n) is 4.96. The number of H-pyrrole nitrogens is 1. The molecule has 3 rings (SSSR count). The largest absolute Gasteiger partial charge is 0.476 e. The van der Waals surface area contributed by atoms with E-state index in [0.717, 1.165) is 0 Å². The molecular formula is C17H12FN3O3. The normalized spacial score (nSPS) is 10.4. The highest BCUT2D eigenvalue weighted by atomic mass is 19.1. The number of carbonyl (C=O) groups excluding carboxylic acids is 1. The van der Waals surface area contributed by atoms with Gasteiger partial charge in [0.2, 0.25) is 0 Å².